The maximum absolute atomic E-state index is 15.0. The smallest absolute Gasteiger partial charge is 0.407 e. The zero-order valence-electron chi connectivity index (χ0n) is 26.2. The van der Waals surface area contributed by atoms with Crippen molar-refractivity contribution in [2.75, 3.05) is 18.9 Å². The molecular weight excluding hydrogens is 637 g/mol. The van der Waals surface area contributed by atoms with Gasteiger partial charge in [-0.25, -0.2) is 13.2 Å². The number of hydrogen-bond donors (Lipinski definition) is 3. The van der Waals surface area contributed by atoms with Gasteiger partial charge in [0.2, 0.25) is 10.0 Å². The summed E-state index contributed by atoms with van der Waals surface area (Å²) < 4.78 is 56.1. The molecule has 0 spiro atoms. The number of sulfonamides is 1. The highest BCUT2D eigenvalue weighted by molar-refractivity contribution is 7.90. The number of alkyl carbamates (subject to hydrolysis) is 1. The van der Waals surface area contributed by atoms with E-state index in [9.17, 15) is 18.0 Å². The van der Waals surface area contributed by atoms with Gasteiger partial charge in [0.1, 0.15) is 12.4 Å². The minimum atomic E-state index is -4.23. The van der Waals surface area contributed by atoms with Gasteiger partial charge in [-0.3, -0.25) is 14.4 Å². The van der Waals surface area contributed by atoms with Crippen molar-refractivity contribution in [1.82, 2.24) is 15.1 Å². The Balaban J connectivity index is 1.61. The Kier molecular flexibility index (Phi) is 13.3. The highest BCUT2D eigenvalue weighted by Gasteiger charge is 2.39. The molecule has 0 heterocycles. The maximum Gasteiger partial charge on any atom is 0.407 e. The summed E-state index contributed by atoms with van der Waals surface area (Å²) in [6.07, 6.45) is -0.625. The highest BCUT2D eigenvalue weighted by Crippen LogP contribution is 2.53. The van der Waals surface area contributed by atoms with Crippen LogP contribution in [-0.2, 0) is 41.9 Å². The lowest BCUT2D eigenvalue weighted by molar-refractivity contribution is -0.142. The summed E-state index contributed by atoms with van der Waals surface area (Å²) in [6.45, 7) is 1.91. The van der Waals surface area contributed by atoms with Crippen molar-refractivity contribution in [1.29, 1.82) is 0 Å². The molecule has 47 heavy (non-hydrogen) atoms. The Morgan fingerprint density at radius 1 is 0.766 bits per heavy atom. The molecule has 3 unspecified atom stereocenters. The second kappa shape index (κ2) is 17.6. The standard InChI is InChI=1S/C35H40N3O7PS/c1-2-44-33(39)23-24-36-46(41,32-21-13-6-14-22-32)34(30-19-11-5-12-20-30)38-47(42,43)27-31(25-28-15-7-3-8-16-28)37-35(40)45-26-29-17-9-4-10-18-29/h3-22,31,34,38H,2,23-27H2,1H3,(H,36,41)(H,37,40). The van der Waals surface area contributed by atoms with Crippen LogP contribution >= 0.6 is 7.29 Å². The number of nitrogens with one attached hydrogen (secondary N) is 3. The second-order valence-electron chi connectivity index (χ2n) is 10.8. The summed E-state index contributed by atoms with van der Waals surface area (Å²) in [5.41, 5.74) is 2.06. The van der Waals surface area contributed by atoms with E-state index in [4.69, 9.17) is 9.47 Å². The van der Waals surface area contributed by atoms with Crippen LogP contribution in [0.15, 0.2) is 121 Å². The molecular formula is C35H40N3O7PS. The number of esters is 1. The Hall–Kier alpha value is -4.28. The van der Waals surface area contributed by atoms with Gasteiger partial charge in [-0.1, -0.05) is 121 Å². The van der Waals surface area contributed by atoms with Gasteiger partial charge in [0.15, 0.2) is 7.29 Å². The predicted molar refractivity (Wildman–Crippen MR) is 183 cm³/mol. The fourth-order valence-corrected chi connectivity index (χ4v) is 9.68. The molecule has 4 aromatic carbocycles. The zero-order valence-corrected chi connectivity index (χ0v) is 27.9. The molecule has 0 aromatic heterocycles. The van der Waals surface area contributed by atoms with Crippen LogP contribution in [0.2, 0.25) is 0 Å². The number of carbonyl (C=O) groups is 2. The average molecular weight is 678 g/mol. The molecule has 1 amide bonds. The Labute approximate surface area is 276 Å². The lowest BCUT2D eigenvalue weighted by Crippen LogP contribution is -2.45. The van der Waals surface area contributed by atoms with Crippen LogP contribution in [0.5, 0.6) is 0 Å². The van der Waals surface area contributed by atoms with Gasteiger partial charge < -0.3 is 14.8 Å². The molecule has 0 bridgehead atoms. The van der Waals surface area contributed by atoms with E-state index in [-0.39, 0.29) is 32.6 Å². The number of benzene rings is 4. The van der Waals surface area contributed by atoms with E-state index in [0.717, 1.165) is 11.1 Å². The quantitative estimate of drug-likeness (QED) is 0.101. The average Bonchev–Trinajstić information content (AvgIpc) is 3.08. The molecule has 12 heteroatoms. The number of ether oxygens (including phenoxy) is 2. The molecule has 3 N–H and O–H groups in total. The van der Waals surface area contributed by atoms with E-state index in [1.807, 2.05) is 60.7 Å². The van der Waals surface area contributed by atoms with Gasteiger partial charge in [-0.2, -0.15) is 4.72 Å². The van der Waals surface area contributed by atoms with Crippen molar-refractivity contribution in [3.63, 3.8) is 0 Å². The van der Waals surface area contributed by atoms with Crippen LogP contribution in [0.25, 0.3) is 0 Å². The second-order valence-corrected chi connectivity index (χ2v) is 15.2. The van der Waals surface area contributed by atoms with Crippen LogP contribution in [-0.4, -0.2) is 45.4 Å². The molecule has 0 aliphatic rings. The molecule has 4 rings (SSSR count). The number of rotatable bonds is 17. The van der Waals surface area contributed by atoms with Crippen molar-refractivity contribution >= 4 is 34.7 Å². The Morgan fingerprint density at radius 2 is 1.32 bits per heavy atom. The van der Waals surface area contributed by atoms with Crippen LogP contribution in [0, 0.1) is 0 Å². The summed E-state index contributed by atoms with van der Waals surface area (Å²) in [6, 6.07) is 34.6. The summed E-state index contributed by atoms with van der Waals surface area (Å²) in [5, 5.41) is 6.11. The van der Waals surface area contributed by atoms with Gasteiger partial charge in [-0.05, 0) is 30.0 Å². The monoisotopic (exact) mass is 677 g/mol. The van der Waals surface area contributed by atoms with E-state index in [1.54, 1.807) is 67.6 Å². The van der Waals surface area contributed by atoms with Crippen molar-refractivity contribution in [3.8, 4) is 0 Å². The molecule has 10 nitrogen and oxygen atoms in total. The van der Waals surface area contributed by atoms with Gasteiger partial charge in [-0.15, -0.1) is 0 Å². The van der Waals surface area contributed by atoms with Gasteiger partial charge in [0.05, 0.1) is 24.8 Å². The number of hydrogen-bond acceptors (Lipinski definition) is 7. The fraction of sp³-hybridized carbons (Fsp3) is 0.257. The third kappa shape index (κ3) is 11.2. The predicted octanol–water partition coefficient (Wildman–Crippen LogP) is 5.29. The maximum atomic E-state index is 15.0. The van der Waals surface area contributed by atoms with Gasteiger partial charge in [0, 0.05) is 11.8 Å². The Bertz CT molecular complexity index is 1710. The van der Waals surface area contributed by atoms with Crippen LogP contribution in [0.3, 0.4) is 0 Å². The minimum Gasteiger partial charge on any atom is -0.466 e. The van der Waals surface area contributed by atoms with E-state index < -0.39 is 47.0 Å². The Morgan fingerprint density at radius 3 is 1.91 bits per heavy atom. The van der Waals surface area contributed by atoms with Crippen LogP contribution in [0.1, 0.15) is 35.8 Å². The molecule has 0 saturated carbocycles. The van der Waals surface area contributed by atoms with E-state index in [2.05, 4.69) is 15.1 Å². The first-order valence-electron chi connectivity index (χ1n) is 15.3. The van der Waals surface area contributed by atoms with Crippen molar-refractivity contribution in [3.05, 3.63) is 138 Å². The van der Waals surface area contributed by atoms with Crippen LogP contribution < -0.4 is 20.4 Å². The van der Waals surface area contributed by atoms with Crippen molar-refractivity contribution in [2.45, 2.75) is 38.2 Å². The zero-order chi connectivity index (χ0) is 33.5. The molecule has 0 aliphatic heterocycles. The normalized spacial score (nSPS) is 13.9. The largest absolute Gasteiger partial charge is 0.466 e. The summed E-state index contributed by atoms with van der Waals surface area (Å²) in [5.74, 6) is -2.23. The number of carbonyl (C=O) groups excluding carboxylic acids is 2. The van der Waals surface area contributed by atoms with Crippen LogP contribution in [0.4, 0.5) is 4.79 Å². The summed E-state index contributed by atoms with van der Waals surface area (Å²) >= 11 is 0. The van der Waals surface area contributed by atoms with Gasteiger partial charge in [0.25, 0.3) is 0 Å². The first-order valence-corrected chi connectivity index (χ1v) is 18.7. The fourth-order valence-electron chi connectivity index (χ4n) is 4.99. The van der Waals surface area contributed by atoms with E-state index in [0.29, 0.717) is 10.9 Å². The first-order chi connectivity index (χ1) is 22.7. The SMILES string of the molecule is CCOC(=O)CCNP(=O)(c1ccccc1)C(NS(=O)(=O)CC(Cc1ccccc1)NC(=O)OCc1ccccc1)c1ccccc1. The first kappa shape index (κ1) is 35.6. The third-order valence-corrected chi connectivity index (χ3v) is 11.7. The van der Waals surface area contributed by atoms with Crippen molar-refractivity contribution in [2.24, 2.45) is 0 Å². The molecule has 4 aromatic rings. The van der Waals surface area contributed by atoms with E-state index >= 15 is 4.57 Å². The van der Waals surface area contributed by atoms with Crippen molar-refractivity contribution < 1.29 is 32.0 Å². The lowest BCUT2D eigenvalue weighted by Gasteiger charge is -2.30. The summed E-state index contributed by atoms with van der Waals surface area (Å²) in [4.78, 5) is 25.0. The number of amides is 1. The molecule has 248 valence electrons. The molecule has 0 fully saturated rings. The molecule has 0 aliphatic carbocycles. The highest BCUT2D eigenvalue weighted by atomic mass is 32.2. The van der Waals surface area contributed by atoms with E-state index in [1.165, 1.54) is 0 Å². The molecule has 3 atom stereocenters. The molecule has 0 saturated heterocycles. The van der Waals surface area contributed by atoms with Gasteiger partial charge >= 0.3 is 12.1 Å². The minimum absolute atomic E-state index is 0.0124. The summed E-state index contributed by atoms with van der Waals surface area (Å²) in [7, 11) is -8.04. The third-order valence-electron chi connectivity index (χ3n) is 7.17. The topological polar surface area (TPSA) is 140 Å². The lowest BCUT2D eigenvalue weighted by atomic mass is 10.1. The molecule has 0 radical (unpaired) electrons.